The van der Waals surface area contributed by atoms with Crippen LogP contribution < -0.4 is 0 Å². The van der Waals surface area contributed by atoms with Gasteiger partial charge in [-0.2, -0.15) is 9.61 Å². The molecule has 4 aromatic heterocycles. The van der Waals surface area contributed by atoms with E-state index in [1.54, 1.807) is 29.3 Å². The standard InChI is InChI=1S/C19H13N7/c1-3-13-9-14(5-6-16(13)22-7-1)18(15-10-20-12-21-11-15)19-25-24-17-4-2-8-23-26(17)19/h1-12,18H. The third-order valence-electron chi connectivity index (χ3n) is 4.33. The highest BCUT2D eigenvalue weighted by Gasteiger charge is 2.24. The largest absolute Gasteiger partial charge is 0.256 e. The Bertz CT molecular complexity index is 1200. The van der Waals surface area contributed by atoms with Crippen LogP contribution in [-0.2, 0) is 0 Å². The summed E-state index contributed by atoms with van der Waals surface area (Å²) in [4.78, 5) is 12.8. The third kappa shape index (κ3) is 2.37. The lowest BCUT2D eigenvalue weighted by molar-refractivity contribution is 0.770. The number of hydrogen-bond acceptors (Lipinski definition) is 6. The van der Waals surface area contributed by atoms with Crippen LogP contribution in [0, 0.1) is 0 Å². The summed E-state index contributed by atoms with van der Waals surface area (Å²) in [6.45, 7) is 0. The van der Waals surface area contributed by atoms with Gasteiger partial charge < -0.3 is 0 Å². The van der Waals surface area contributed by atoms with E-state index in [2.05, 4.69) is 42.4 Å². The van der Waals surface area contributed by atoms with Crippen molar-refractivity contribution in [2.24, 2.45) is 0 Å². The van der Waals surface area contributed by atoms with Crippen LogP contribution in [0.1, 0.15) is 22.9 Å². The van der Waals surface area contributed by atoms with Crippen molar-refractivity contribution in [1.29, 1.82) is 0 Å². The topological polar surface area (TPSA) is 81.8 Å². The minimum atomic E-state index is -0.189. The molecule has 124 valence electrons. The number of nitrogens with zero attached hydrogens (tertiary/aromatic N) is 7. The van der Waals surface area contributed by atoms with Gasteiger partial charge >= 0.3 is 0 Å². The summed E-state index contributed by atoms with van der Waals surface area (Å²) in [5.74, 6) is 0.532. The second-order valence-electron chi connectivity index (χ2n) is 5.91. The first-order valence-corrected chi connectivity index (χ1v) is 8.16. The number of benzene rings is 1. The fourth-order valence-corrected chi connectivity index (χ4v) is 3.16. The summed E-state index contributed by atoms with van der Waals surface area (Å²) in [5.41, 5.74) is 3.63. The van der Waals surface area contributed by atoms with Crippen molar-refractivity contribution >= 4 is 16.6 Å². The molecule has 0 radical (unpaired) electrons. The molecule has 1 aromatic carbocycles. The van der Waals surface area contributed by atoms with Crippen LogP contribution in [0.25, 0.3) is 16.6 Å². The van der Waals surface area contributed by atoms with E-state index in [9.17, 15) is 0 Å². The first-order valence-electron chi connectivity index (χ1n) is 8.16. The molecule has 1 atom stereocenters. The Morgan fingerprint density at radius 3 is 2.65 bits per heavy atom. The minimum Gasteiger partial charge on any atom is -0.256 e. The maximum atomic E-state index is 4.41. The van der Waals surface area contributed by atoms with E-state index in [-0.39, 0.29) is 5.92 Å². The highest BCUT2D eigenvalue weighted by Crippen LogP contribution is 2.31. The predicted molar refractivity (Wildman–Crippen MR) is 95.5 cm³/mol. The average Bonchev–Trinajstić information content (AvgIpc) is 3.13. The molecule has 0 N–H and O–H groups in total. The van der Waals surface area contributed by atoms with E-state index < -0.39 is 0 Å². The molecule has 0 aliphatic rings. The van der Waals surface area contributed by atoms with E-state index >= 15 is 0 Å². The highest BCUT2D eigenvalue weighted by atomic mass is 15.4. The molecule has 0 spiro atoms. The van der Waals surface area contributed by atoms with Gasteiger partial charge in [0.2, 0.25) is 0 Å². The fraction of sp³-hybridized carbons (Fsp3) is 0.0526. The normalized spacial score (nSPS) is 12.5. The summed E-state index contributed by atoms with van der Waals surface area (Å²) >= 11 is 0. The Kier molecular flexibility index (Phi) is 3.35. The molecule has 26 heavy (non-hydrogen) atoms. The predicted octanol–water partition coefficient (Wildman–Crippen LogP) is 2.64. The molecule has 5 rings (SSSR count). The quantitative estimate of drug-likeness (QED) is 0.502. The van der Waals surface area contributed by atoms with Gasteiger partial charge in [0.15, 0.2) is 11.5 Å². The zero-order valence-corrected chi connectivity index (χ0v) is 13.6. The van der Waals surface area contributed by atoms with Gasteiger partial charge in [0.05, 0.1) is 11.4 Å². The summed E-state index contributed by atoms with van der Waals surface area (Å²) in [7, 11) is 0. The maximum absolute atomic E-state index is 4.41. The van der Waals surface area contributed by atoms with Gasteiger partial charge in [0.25, 0.3) is 0 Å². The number of rotatable bonds is 3. The molecule has 1 unspecified atom stereocenters. The summed E-state index contributed by atoms with van der Waals surface area (Å²) in [5, 5.41) is 14.1. The van der Waals surface area contributed by atoms with Gasteiger partial charge in [0.1, 0.15) is 6.33 Å². The van der Waals surface area contributed by atoms with Crippen molar-refractivity contribution in [3.05, 3.63) is 90.5 Å². The smallest absolute Gasteiger partial charge is 0.177 e. The van der Waals surface area contributed by atoms with Crippen LogP contribution in [-0.4, -0.2) is 34.8 Å². The van der Waals surface area contributed by atoms with Crippen molar-refractivity contribution in [1.82, 2.24) is 34.8 Å². The number of fused-ring (bicyclic) bond motifs is 2. The lowest BCUT2D eigenvalue weighted by Gasteiger charge is -2.16. The van der Waals surface area contributed by atoms with E-state index in [0.29, 0.717) is 5.65 Å². The highest BCUT2D eigenvalue weighted by molar-refractivity contribution is 5.79. The first-order chi connectivity index (χ1) is 12.9. The van der Waals surface area contributed by atoms with Crippen LogP contribution >= 0.6 is 0 Å². The van der Waals surface area contributed by atoms with Crippen molar-refractivity contribution < 1.29 is 0 Å². The second-order valence-corrected chi connectivity index (χ2v) is 5.91. The van der Waals surface area contributed by atoms with Crippen LogP contribution in [0.3, 0.4) is 0 Å². The van der Waals surface area contributed by atoms with Crippen LogP contribution in [0.4, 0.5) is 0 Å². The van der Waals surface area contributed by atoms with Crippen LogP contribution in [0.15, 0.2) is 73.6 Å². The van der Waals surface area contributed by atoms with Crippen LogP contribution in [0.5, 0.6) is 0 Å². The molecular formula is C19H13N7. The van der Waals surface area contributed by atoms with Crippen molar-refractivity contribution in [3.8, 4) is 0 Å². The molecule has 0 saturated carbocycles. The first kappa shape index (κ1) is 14.6. The molecule has 4 heterocycles. The van der Waals surface area contributed by atoms with Gasteiger partial charge in [-0.25, -0.2) is 9.97 Å². The van der Waals surface area contributed by atoms with Crippen molar-refractivity contribution in [2.75, 3.05) is 0 Å². The summed E-state index contributed by atoms with van der Waals surface area (Å²) in [6, 6.07) is 13.9. The van der Waals surface area contributed by atoms with Gasteiger partial charge in [0, 0.05) is 35.7 Å². The van der Waals surface area contributed by atoms with Gasteiger partial charge in [-0.1, -0.05) is 12.1 Å². The van der Waals surface area contributed by atoms with Crippen molar-refractivity contribution in [2.45, 2.75) is 5.92 Å². The number of hydrogen-bond donors (Lipinski definition) is 0. The lowest BCUT2D eigenvalue weighted by Crippen LogP contribution is -2.10. The molecule has 7 heteroatoms. The molecule has 0 amide bonds. The van der Waals surface area contributed by atoms with Gasteiger partial charge in [-0.3, -0.25) is 4.98 Å². The molecule has 0 aliphatic carbocycles. The Labute approximate surface area is 148 Å². The molecule has 5 aromatic rings. The maximum Gasteiger partial charge on any atom is 0.177 e. The van der Waals surface area contributed by atoms with Gasteiger partial charge in [-0.05, 0) is 35.9 Å². The summed E-state index contributed by atoms with van der Waals surface area (Å²) in [6.07, 6.45) is 8.64. The molecule has 0 fully saturated rings. The van der Waals surface area contributed by atoms with Gasteiger partial charge in [-0.15, -0.1) is 10.2 Å². The monoisotopic (exact) mass is 339 g/mol. The Morgan fingerprint density at radius 1 is 0.846 bits per heavy atom. The van der Waals surface area contributed by atoms with E-state index in [1.165, 1.54) is 6.33 Å². The minimum absolute atomic E-state index is 0.189. The summed E-state index contributed by atoms with van der Waals surface area (Å²) < 4.78 is 1.76. The van der Waals surface area contributed by atoms with E-state index in [0.717, 1.165) is 27.9 Å². The zero-order chi connectivity index (χ0) is 17.3. The lowest BCUT2D eigenvalue weighted by atomic mass is 9.91. The SMILES string of the molecule is c1cnc2ccc(C(c3cncnc3)c3nnc4cccnn34)cc2c1. The van der Waals surface area contributed by atoms with Crippen LogP contribution in [0.2, 0.25) is 0 Å². The third-order valence-corrected chi connectivity index (χ3v) is 4.33. The average molecular weight is 339 g/mol. The number of pyridine rings is 1. The number of aromatic nitrogens is 7. The Balaban J connectivity index is 1.76. The molecule has 0 bridgehead atoms. The Hall–Kier alpha value is -3.74. The molecular weight excluding hydrogens is 326 g/mol. The molecule has 7 nitrogen and oxygen atoms in total. The van der Waals surface area contributed by atoms with E-state index in [1.807, 2.05) is 30.3 Å². The fourth-order valence-electron chi connectivity index (χ4n) is 3.16. The van der Waals surface area contributed by atoms with E-state index in [4.69, 9.17) is 0 Å². The Morgan fingerprint density at radius 2 is 1.73 bits per heavy atom. The van der Waals surface area contributed by atoms with Crippen molar-refractivity contribution in [3.63, 3.8) is 0 Å². The second kappa shape index (κ2) is 5.96. The molecule has 0 aliphatic heterocycles. The molecule has 0 saturated heterocycles. The zero-order valence-electron chi connectivity index (χ0n) is 13.6.